The van der Waals surface area contributed by atoms with Crippen LogP contribution in [0, 0.1) is 13.8 Å². The van der Waals surface area contributed by atoms with Gasteiger partial charge in [-0.15, -0.1) is 0 Å². The van der Waals surface area contributed by atoms with Crippen LogP contribution >= 0.6 is 0 Å². The second kappa shape index (κ2) is 5.66. The standard InChI is InChI=1S/C17H16N4O4/c1-9-5-12-16(18-9)19-10(2)21(17(12)23)7-15(22)20-11-3-4-13-14(6-11)25-8-24-13/h3-6,18H,7-8H2,1-2H3,(H,20,22). The first kappa shape index (κ1) is 15.3. The van der Waals surface area contributed by atoms with Crippen LogP contribution in [0.3, 0.4) is 0 Å². The van der Waals surface area contributed by atoms with Crippen LogP contribution in [0.1, 0.15) is 11.5 Å². The highest BCUT2D eigenvalue weighted by molar-refractivity contribution is 5.91. The fraction of sp³-hybridized carbons (Fsp3) is 0.235. The van der Waals surface area contributed by atoms with Crippen LogP contribution in [-0.2, 0) is 11.3 Å². The molecule has 0 saturated carbocycles. The smallest absolute Gasteiger partial charge is 0.263 e. The molecule has 0 fully saturated rings. The average molecular weight is 340 g/mol. The number of carbonyl (C=O) groups excluding carboxylic acids is 1. The number of nitrogens with one attached hydrogen (secondary N) is 2. The molecule has 2 N–H and O–H groups in total. The van der Waals surface area contributed by atoms with Crippen LogP contribution in [0.4, 0.5) is 5.69 Å². The number of hydrogen-bond acceptors (Lipinski definition) is 5. The van der Waals surface area contributed by atoms with Gasteiger partial charge in [-0.1, -0.05) is 0 Å². The van der Waals surface area contributed by atoms with Crippen LogP contribution in [-0.4, -0.2) is 27.2 Å². The van der Waals surface area contributed by atoms with Crippen molar-refractivity contribution >= 4 is 22.6 Å². The molecule has 1 aliphatic heterocycles. The average Bonchev–Trinajstić information content (AvgIpc) is 3.17. The van der Waals surface area contributed by atoms with Crippen LogP contribution in [0.25, 0.3) is 11.0 Å². The lowest BCUT2D eigenvalue weighted by Crippen LogP contribution is -2.30. The Bertz CT molecular complexity index is 1050. The summed E-state index contributed by atoms with van der Waals surface area (Å²) in [6.45, 7) is 3.60. The van der Waals surface area contributed by atoms with E-state index in [9.17, 15) is 9.59 Å². The van der Waals surface area contributed by atoms with Gasteiger partial charge < -0.3 is 19.8 Å². The maximum absolute atomic E-state index is 12.6. The van der Waals surface area contributed by atoms with Crippen molar-refractivity contribution < 1.29 is 14.3 Å². The zero-order valence-electron chi connectivity index (χ0n) is 13.8. The summed E-state index contributed by atoms with van der Waals surface area (Å²) in [5.74, 6) is 1.37. The number of H-pyrrole nitrogens is 1. The number of amides is 1. The minimum Gasteiger partial charge on any atom is -0.454 e. The fourth-order valence-electron chi connectivity index (χ4n) is 2.85. The summed E-state index contributed by atoms with van der Waals surface area (Å²) >= 11 is 0. The van der Waals surface area contributed by atoms with Gasteiger partial charge in [0.25, 0.3) is 5.56 Å². The highest BCUT2D eigenvalue weighted by atomic mass is 16.7. The molecule has 128 valence electrons. The number of aryl methyl sites for hydroxylation is 2. The van der Waals surface area contributed by atoms with Crippen molar-refractivity contribution in [3.63, 3.8) is 0 Å². The third-order valence-corrected chi connectivity index (χ3v) is 4.03. The predicted molar refractivity (Wildman–Crippen MR) is 91.0 cm³/mol. The first-order valence-electron chi connectivity index (χ1n) is 7.77. The number of benzene rings is 1. The quantitative estimate of drug-likeness (QED) is 0.756. The van der Waals surface area contributed by atoms with Crippen molar-refractivity contribution in [3.8, 4) is 11.5 Å². The molecule has 4 rings (SSSR count). The SMILES string of the molecule is Cc1cc2c(=O)n(CC(=O)Nc3ccc4c(c3)OCO4)c(C)nc2[nH]1. The Hall–Kier alpha value is -3.29. The second-order valence-corrected chi connectivity index (χ2v) is 5.88. The molecule has 0 radical (unpaired) electrons. The van der Waals surface area contributed by atoms with E-state index in [1.165, 1.54) is 4.57 Å². The fourth-order valence-corrected chi connectivity index (χ4v) is 2.85. The van der Waals surface area contributed by atoms with Crippen molar-refractivity contribution in [2.45, 2.75) is 20.4 Å². The molecule has 0 atom stereocenters. The Morgan fingerprint density at radius 1 is 1.28 bits per heavy atom. The Labute approximate surface area is 142 Å². The van der Waals surface area contributed by atoms with Gasteiger partial charge in [0.15, 0.2) is 11.5 Å². The molecule has 3 aromatic rings. The Morgan fingerprint density at radius 2 is 2.08 bits per heavy atom. The first-order valence-corrected chi connectivity index (χ1v) is 7.77. The van der Waals surface area contributed by atoms with Crippen molar-refractivity contribution in [1.29, 1.82) is 0 Å². The van der Waals surface area contributed by atoms with Crippen molar-refractivity contribution in [1.82, 2.24) is 14.5 Å². The van der Waals surface area contributed by atoms with Gasteiger partial charge in [0, 0.05) is 17.4 Å². The minimum absolute atomic E-state index is 0.119. The van der Waals surface area contributed by atoms with Gasteiger partial charge in [-0.05, 0) is 32.0 Å². The molecule has 0 saturated heterocycles. The van der Waals surface area contributed by atoms with Crippen LogP contribution < -0.4 is 20.3 Å². The summed E-state index contributed by atoms with van der Waals surface area (Å²) in [6.07, 6.45) is 0. The number of aromatic nitrogens is 3. The Morgan fingerprint density at radius 3 is 2.92 bits per heavy atom. The largest absolute Gasteiger partial charge is 0.454 e. The number of aromatic amines is 1. The second-order valence-electron chi connectivity index (χ2n) is 5.88. The zero-order valence-corrected chi connectivity index (χ0v) is 13.8. The molecule has 1 aliphatic rings. The molecule has 2 aromatic heterocycles. The third kappa shape index (κ3) is 2.71. The molecule has 3 heterocycles. The Kier molecular flexibility index (Phi) is 3.45. The number of anilines is 1. The molecule has 0 spiro atoms. The van der Waals surface area contributed by atoms with Gasteiger partial charge in [0.05, 0.1) is 5.39 Å². The molecule has 8 heteroatoms. The lowest BCUT2D eigenvalue weighted by molar-refractivity contribution is -0.116. The molecular formula is C17H16N4O4. The maximum Gasteiger partial charge on any atom is 0.263 e. The Balaban J connectivity index is 1.58. The van der Waals surface area contributed by atoms with E-state index in [2.05, 4.69) is 15.3 Å². The number of carbonyl (C=O) groups is 1. The van der Waals surface area contributed by atoms with E-state index in [0.29, 0.717) is 34.0 Å². The molecule has 25 heavy (non-hydrogen) atoms. The van der Waals surface area contributed by atoms with Crippen molar-refractivity contribution in [2.24, 2.45) is 0 Å². The summed E-state index contributed by atoms with van der Waals surface area (Å²) in [5, 5.41) is 3.23. The zero-order chi connectivity index (χ0) is 17.6. The van der Waals surface area contributed by atoms with E-state index in [-0.39, 0.29) is 24.8 Å². The maximum atomic E-state index is 12.6. The lowest BCUT2D eigenvalue weighted by Gasteiger charge is -2.10. The first-order chi connectivity index (χ1) is 12.0. The number of nitrogens with zero attached hydrogens (tertiary/aromatic N) is 2. The molecule has 0 unspecified atom stereocenters. The molecule has 8 nitrogen and oxygen atoms in total. The van der Waals surface area contributed by atoms with E-state index >= 15 is 0 Å². The minimum atomic E-state index is -0.322. The van der Waals surface area contributed by atoms with Gasteiger partial charge in [-0.25, -0.2) is 4.98 Å². The van der Waals surface area contributed by atoms with Crippen LogP contribution in [0.2, 0.25) is 0 Å². The lowest BCUT2D eigenvalue weighted by atomic mass is 10.2. The summed E-state index contributed by atoms with van der Waals surface area (Å²) in [4.78, 5) is 32.3. The third-order valence-electron chi connectivity index (χ3n) is 4.03. The van der Waals surface area contributed by atoms with E-state index in [4.69, 9.17) is 9.47 Å². The number of rotatable bonds is 3. The van der Waals surface area contributed by atoms with Gasteiger partial charge >= 0.3 is 0 Å². The summed E-state index contributed by atoms with van der Waals surface area (Å²) in [6, 6.07) is 6.87. The molecular weight excluding hydrogens is 324 g/mol. The molecule has 1 aromatic carbocycles. The van der Waals surface area contributed by atoms with E-state index in [0.717, 1.165) is 5.69 Å². The molecule has 0 aliphatic carbocycles. The van der Waals surface area contributed by atoms with Crippen LogP contribution in [0.5, 0.6) is 11.5 Å². The number of fused-ring (bicyclic) bond motifs is 2. The highest BCUT2D eigenvalue weighted by Crippen LogP contribution is 2.34. The summed E-state index contributed by atoms with van der Waals surface area (Å²) in [5.41, 5.74) is 1.72. The van der Waals surface area contributed by atoms with Gasteiger partial charge in [0.2, 0.25) is 12.7 Å². The number of hydrogen-bond donors (Lipinski definition) is 2. The van der Waals surface area contributed by atoms with Crippen molar-refractivity contribution in [2.75, 3.05) is 12.1 Å². The van der Waals surface area contributed by atoms with Crippen LogP contribution in [0.15, 0.2) is 29.1 Å². The highest BCUT2D eigenvalue weighted by Gasteiger charge is 2.16. The topological polar surface area (TPSA) is 98.2 Å². The van der Waals surface area contributed by atoms with E-state index in [1.807, 2.05) is 6.92 Å². The molecule has 0 bridgehead atoms. The van der Waals surface area contributed by atoms with E-state index in [1.54, 1.807) is 31.2 Å². The van der Waals surface area contributed by atoms with Crippen molar-refractivity contribution in [3.05, 3.63) is 46.1 Å². The predicted octanol–water partition coefficient (Wildman–Crippen LogP) is 1.71. The van der Waals surface area contributed by atoms with E-state index < -0.39 is 0 Å². The van der Waals surface area contributed by atoms with Gasteiger partial charge in [-0.3, -0.25) is 14.2 Å². The monoisotopic (exact) mass is 340 g/mol. The summed E-state index contributed by atoms with van der Waals surface area (Å²) < 4.78 is 11.9. The van der Waals surface area contributed by atoms with Gasteiger partial charge in [0.1, 0.15) is 18.0 Å². The number of ether oxygens (including phenoxy) is 2. The molecule has 1 amide bonds. The normalized spacial score (nSPS) is 12.6. The van der Waals surface area contributed by atoms with Gasteiger partial charge in [-0.2, -0.15) is 0 Å². The summed E-state index contributed by atoms with van der Waals surface area (Å²) in [7, 11) is 0.